The molecular weight excluding hydrogens is 343 g/mol. The van der Waals surface area contributed by atoms with Crippen molar-refractivity contribution in [1.82, 2.24) is 10.2 Å². The Kier molecular flexibility index (Phi) is 7.53. The third-order valence-corrected chi connectivity index (χ3v) is 4.58. The van der Waals surface area contributed by atoms with Crippen molar-refractivity contribution in [1.29, 1.82) is 0 Å². The molecule has 0 atom stereocenters. The van der Waals surface area contributed by atoms with Gasteiger partial charge < -0.3 is 10.2 Å². The second-order valence-corrected chi connectivity index (χ2v) is 6.74. The number of benzene rings is 2. The summed E-state index contributed by atoms with van der Waals surface area (Å²) < 4.78 is 12.9. The number of nitrogens with one attached hydrogen (secondary N) is 1. The minimum Gasteiger partial charge on any atom is -0.350 e. The van der Waals surface area contributed by atoms with E-state index < -0.39 is 0 Å². The lowest BCUT2D eigenvalue weighted by molar-refractivity contribution is -0.135. The summed E-state index contributed by atoms with van der Waals surface area (Å²) in [5.41, 5.74) is 4.36. The smallest absolute Gasteiger partial charge is 0.239 e. The zero-order chi connectivity index (χ0) is 19.8. The SMILES string of the molecule is CCN(CC(=O)NCc1ccc(F)cc1)C(=O)CCc1ccc(C)cc1C. The Morgan fingerprint density at radius 3 is 2.41 bits per heavy atom. The molecule has 0 aromatic heterocycles. The van der Waals surface area contributed by atoms with E-state index in [4.69, 9.17) is 0 Å². The highest BCUT2D eigenvalue weighted by Gasteiger charge is 2.15. The summed E-state index contributed by atoms with van der Waals surface area (Å²) in [4.78, 5) is 26.2. The first kappa shape index (κ1) is 20.6. The van der Waals surface area contributed by atoms with Crippen LogP contribution in [0.5, 0.6) is 0 Å². The van der Waals surface area contributed by atoms with Gasteiger partial charge in [-0.15, -0.1) is 0 Å². The second-order valence-electron chi connectivity index (χ2n) is 6.74. The standard InChI is InChI=1S/C22H27FN2O2/c1-4-25(15-21(26)24-14-18-6-10-20(23)11-7-18)22(27)12-9-19-8-5-16(2)13-17(19)3/h5-8,10-11,13H,4,9,12,14-15H2,1-3H3,(H,24,26). The number of hydrogen-bond acceptors (Lipinski definition) is 2. The number of likely N-dealkylation sites (N-methyl/N-ethyl adjacent to an activating group) is 1. The lowest BCUT2D eigenvalue weighted by Crippen LogP contribution is -2.40. The molecule has 0 bridgehead atoms. The van der Waals surface area contributed by atoms with Crippen molar-refractivity contribution in [3.63, 3.8) is 0 Å². The van der Waals surface area contributed by atoms with Crippen LogP contribution in [-0.4, -0.2) is 29.8 Å². The highest BCUT2D eigenvalue weighted by molar-refractivity contribution is 5.84. The zero-order valence-corrected chi connectivity index (χ0v) is 16.2. The minimum atomic E-state index is -0.309. The number of amides is 2. The van der Waals surface area contributed by atoms with Crippen LogP contribution >= 0.6 is 0 Å². The summed E-state index contributed by atoms with van der Waals surface area (Å²) in [5, 5.41) is 2.77. The summed E-state index contributed by atoms with van der Waals surface area (Å²) in [7, 11) is 0. The van der Waals surface area contributed by atoms with Crippen LogP contribution in [0.4, 0.5) is 4.39 Å². The van der Waals surface area contributed by atoms with Gasteiger partial charge in [0, 0.05) is 19.5 Å². The van der Waals surface area contributed by atoms with E-state index in [1.54, 1.807) is 17.0 Å². The molecule has 0 radical (unpaired) electrons. The van der Waals surface area contributed by atoms with E-state index in [2.05, 4.69) is 17.4 Å². The molecule has 4 nitrogen and oxygen atoms in total. The molecule has 0 aliphatic rings. The molecule has 144 valence electrons. The van der Waals surface area contributed by atoms with Crippen LogP contribution in [0.1, 0.15) is 35.6 Å². The fraction of sp³-hybridized carbons (Fsp3) is 0.364. The third kappa shape index (κ3) is 6.51. The van der Waals surface area contributed by atoms with Crippen molar-refractivity contribution in [2.24, 2.45) is 0 Å². The molecule has 0 aliphatic heterocycles. The van der Waals surface area contributed by atoms with Crippen molar-refractivity contribution in [2.75, 3.05) is 13.1 Å². The van der Waals surface area contributed by atoms with Gasteiger partial charge in [-0.2, -0.15) is 0 Å². The van der Waals surface area contributed by atoms with Gasteiger partial charge in [-0.25, -0.2) is 4.39 Å². The molecule has 0 unspecified atom stereocenters. The van der Waals surface area contributed by atoms with Gasteiger partial charge >= 0.3 is 0 Å². The predicted molar refractivity (Wildman–Crippen MR) is 105 cm³/mol. The van der Waals surface area contributed by atoms with Gasteiger partial charge in [-0.05, 0) is 56.0 Å². The number of nitrogens with zero attached hydrogens (tertiary/aromatic N) is 1. The molecule has 2 aromatic rings. The monoisotopic (exact) mass is 370 g/mol. The van der Waals surface area contributed by atoms with Crippen LogP contribution in [0.2, 0.25) is 0 Å². The third-order valence-electron chi connectivity index (χ3n) is 4.58. The molecule has 0 saturated heterocycles. The van der Waals surface area contributed by atoms with Gasteiger partial charge in [0.1, 0.15) is 5.82 Å². The molecule has 2 amide bonds. The summed E-state index contributed by atoms with van der Waals surface area (Å²) in [6.45, 7) is 6.79. The quantitative estimate of drug-likeness (QED) is 0.773. The number of carbonyl (C=O) groups excluding carboxylic acids is 2. The van der Waals surface area contributed by atoms with E-state index in [1.165, 1.54) is 23.3 Å². The van der Waals surface area contributed by atoms with Crippen molar-refractivity contribution < 1.29 is 14.0 Å². The van der Waals surface area contributed by atoms with Crippen molar-refractivity contribution >= 4 is 11.8 Å². The minimum absolute atomic E-state index is 0.0312. The fourth-order valence-electron chi connectivity index (χ4n) is 2.93. The summed E-state index contributed by atoms with van der Waals surface area (Å²) >= 11 is 0. The van der Waals surface area contributed by atoms with E-state index in [-0.39, 0.29) is 24.2 Å². The van der Waals surface area contributed by atoms with Crippen LogP contribution in [0.25, 0.3) is 0 Å². The van der Waals surface area contributed by atoms with E-state index in [9.17, 15) is 14.0 Å². The van der Waals surface area contributed by atoms with Crippen molar-refractivity contribution in [3.05, 3.63) is 70.5 Å². The van der Waals surface area contributed by atoms with E-state index in [0.717, 1.165) is 11.1 Å². The van der Waals surface area contributed by atoms with E-state index in [1.807, 2.05) is 26.8 Å². The molecular formula is C22H27FN2O2. The van der Waals surface area contributed by atoms with Gasteiger partial charge in [-0.3, -0.25) is 9.59 Å². The normalized spacial score (nSPS) is 10.5. The first-order valence-corrected chi connectivity index (χ1v) is 9.24. The van der Waals surface area contributed by atoms with E-state index >= 15 is 0 Å². The lowest BCUT2D eigenvalue weighted by atomic mass is 10.0. The fourth-order valence-corrected chi connectivity index (χ4v) is 2.93. The van der Waals surface area contributed by atoms with Gasteiger partial charge in [0.05, 0.1) is 6.54 Å². The highest BCUT2D eigenvalue weighted by atomic mass is 19.1. The molecule has 0 saturated carbocycles. The Hall–Kier alpha value is -2.69. The van der Waals surface area contributed by atoms with Gasteiger partial charge in [0.25, 0.3) is 0 Å². The molecule has 2 rings (SSSR count). The second kappa shape index (κ2) is 9.86. The largest absolute Gasteiger partial charge is 0.350 e. The Bertz CT molecular complexity index is 787. The molecule has 0 spiro atoms. The maximum absolute atomic E-state index is 12.9. The topological polar surface area (TPSA) is 49.4 Å². The number of rotatable bonds is 8. The van der Waals surface area contributed by atoms with Gasteiger partial charge in [0.15, 0.2) is 0 Å². The highest BCUT2D eigenvalue weighted by Crippen LogP contribution is 2.13. The Morgan fingerprint density at radius 2 is 1.78 bits per heavy atom. The predicted octanol–water partition coefficient (Wildman–Crippen LogP) is 3.54. The summed E-state index contributed by atoms with van der Waals surface area (Å²) in [6, 6.07) is 12.2. The number of hydrogen-bond donors (Lipinski definition) is 1. The van der Waals surface area contributed by atoms with Crippen LogP contribution < -0.4 is 5.32 Å². The summed E-state index contributed by atoms with van der Waals surface area (Å²) in [5.74, 6) is -0.563. The van der Waals surface area contributed by atoms with Gasteiger partial charge in [-0.1, -0.05) is 35.9 Å². The Morgan fingerprint density at radius 1 is 1.07 bits per heavy atom. The van der Waals surface area contributed by atoms with Crippen molar-refractivity contribution in [2.45, 2.75) is 40.2 Å². The van der Waals surface area contributed by atoms with Crippen LogP contribution in [0, 0.1) is 19.7 Å². The first-order valence-electron chi connectivity index (χ1n) is 9.24. The molecule has 2 aromatic carbocycles. The molecule has 27 heavy (non-hydrogen) atoms. The van der Waals surface area contributed by atoms with E-state index in [0.29, 0.717) is 25.9 Å². The molecule has 0 fully saturated rings. The number of carbonyl (C=O) groups is 2. The average molecular weight is 370 g/mol. The van der Waals surface area contributed by atoms with Crippen LogP contribution in [0.3, 0.4) is 0 Å². The van der Waals surface area contributed by atoms with Crippen LogP contribution in [-0.2, 0) is 22.6 Å². The average Bonchev–Trinajstić information content (AvgIpc) is 2.64. The molecule has 1 N–H and O–H groups in total. The lowest BCUT2D eigenvalue weighted by Gasteiger charge is -2.20. The summed E-state index contributed by atoms with van der Waals surface area (Å²) in [6.07, 6.45) is 1.04. The van der Waals surface area contributed by atoms with Gasteiger partial charge in [0.2, 0.25) is 11.8 Å². The Balaban J connectivity index is 1.82. The maximum Gasteiger partial charge on any atom is 0.239 e. The van der Waals surface area contributed by atoms with Crippen molar-refractivity contribution in [3.8, 4) is 0 Å². The molecule has 0 heterocycles. The first-order chi connectivity index (χ1) is 12.9. The zero-order valence-electron chi connectivity index (χ0n) is 16.2. The Labute approximate surface area is 160 Å². The van der Waals surface area contributed by atoms with Crippen LogP contribution in [0.15, 0.2) is 42.5 Å². The number of aryl methyl sites for hydroxylation is 3. The molecule has 5 heteroatoms. The molecule has 0 aliphatic carbocycles. The maximum atomic E-state index is 12.9. The number of halogens is 1.